The van der Waals surface area contributed by atoms with Crippen LogP contribution in [-0.4, -0.2) is 21.2 Å². The molecule has 16 heavy (non-hydrogen) atoms. The van der Waals surface area contributed by atoms with Gasteiger partial charge in [0.25, 0.3) is 0 Å². The third kappa shape index (κ3) is 1.42. The van der Waals surface area contributed by atoms with E-state index in [-0.39, 0.29) is 21.5 Å². The minimum atomic E-state index is -1.08. The number of aryl methyl sites for hydroxylation is 1. The molecule has 6 heteroatoms. The standard InChI is InChI=1S/C10H7Cl2NO3/c1-3-6-4(13-9(3)10(15)16)2-5(14)7(11)8(6)12/h2,13-14H,1H3,(H,15,16). The maximum absolute atomic E-state index is 10.9. The van der Waals surface area contributed by atoms with Gasteiger partial charge in [-0.25, -0.2) is 4.79 Å². The van der Waals surface area contributed by atoms with Gasteiger partial charge in [-0.05, 0) is 12.5 Å². The molecule has 0 bridgehead atoms. The normalized spacial score (nSPS) is 10.9. The number of aromatic nitrogens is 1. The van der Waals surface area contributed by atoms with Crippen molar-refractivity contribution in [2.24, 2.45) is 0 Å². The number of H-pyrrole nitrogens is 1. The van der Waals surface area contributed by atoms with Crippen LogP contribution in [0.5, 0.6) is 5.75 Å². The molecule has 1 aromatic carbocycles. The van der Waals surface area contributed by atoms with Crippen LogP contribution in [0.15, 0.2) is 6.07 Å². The number of phenols is 1. The fourth-order valence-electron chi connectivity index (χ4n) is 1.65. The molecule has 0 spiro atoms. The zero-order valence-electron chi connectivity index (χ0n) is 8.14. The van der Waals surface area contributed by atoms with E-state index in [4.69, 9.17) is 28.3 Å². The summed E-state index contributed by atoms with van der Waals surface area (Å²) in [6.07, 6.45) is 0. The molecular formula is C10H7Cl2NO3. The molecule has 3 N–H and O–H groups in total. The highest BCUT2D eigenvalue weighted by molar-refractivity contribution is 6.46. The van der Waals surface area contributed by atoms with Crippen molar-refractivity contribution >= 4 is 40.1 Å². The van der Waals surface area contributed by atoms with Crippen molar-refractivity contribution in [2.75, 3.05) is 0 Å². The van der Waals surface area contributed by atoms with Gasteiger partial charge in [0.1, 0.15) is 16.5 Å². The molecule has 2 aromatic rings. The molecule has 0 saturated heterocycles. The van der Waals surface area contributed by atoms with E-state index in [9.17, 15) is 9.90 Å². The van der Waals surface area contributed by atoms with E-state index in [1.54, 1.807) is 6.92 Å². The second-order valence-electron chi connectivity index (χ2n) is 3.38. The summed E-state index contributed by atoms with van der Waals surface area (Å²) in [7, 11) is 0. The number of halogens is 2. The first-order valence-electron chi connectivity index (χ1n) is 4.36. The van der Waals surface area contributed by atoms with Gasteiger partial charge in [0.15, 0.2) is 0 Å². The number of aromatic carboxylic acids is 1. The summed E-state index contributed by atoms with van der Waals surface area (Å²) in [6, 6.07) is 1.35. The highest BCUT2D eigenvalue weighted by atomic mass is 35.5. The van der Waals surface area contributed by atoms with E-state index in [1.165, 1.54) is 6.07 Å². The van der Waals surface area contributed by atoms with Gasteiger partial charge in [0, 0.05) is 11.5 Å². The van der Waals surface area contributed by atoms with Gasteiger partial charge in [-0.15, -0.1) is 0 Å². The zero-order valence-corrected chi connectivity index (χ0v) is 9.65. The second kappa shape index (κ2) is 3.57. The van der Waals surface area contributed by atoms with Crippen LogP contribution in [0.1, 0.15) is 16.1 Å². The molecule has 0 aliphatic heterocycles. The first-order valence-corrected chi connectivity index (χ1v) is 5.11. The number of hydrogen-bond donors (Lipinski definition) is 3. The quantitative estimate of drug-likeness (QED) is 0.737. The van der Waals surface area contributed by atoms with Crippen LogP contribution >= 0.6 is 23.2 Å². The number of phenolic OH excluding ortho intramolecular Hbond substituents is 1. The SMILES string of the molecule is Cc1c(C(=O)O)[nH]c2cc(O)c(Cl)c(Cl)c12. The van der Waals surface area contributed by atoms with Gasteiger partial charge >= 0.3 is 5.97 Å². The number of hydrogen-bond acceptors (Lipinski definition) is 2. The van der Waals surface area contributed by atoms with Gasteiger partial charge in [-0.1, -0.05) is 23.2 Å². The van der Waals surface area contributed by atoms with Crippen LogP contribution in [-0.2, 0) is 0 Å². The van der Waals surface area contributed by atoms with Crippen molar-refractivity contribution in [1.29, 1.82) is 0 Å². The number of carboxylic acid groups (broad SMARTS) is 1. The Bertz CT molecular complexity index is 604. The topological polar surface area (TPSA) is 73.3 Å². The number of nitrogens with one attached hydrogen (secondary N) is 1. The monoisotopic (exact) mass is 259 g/mol. The summed E-state index contributed by atoms with van der Waals surface area (Å²) in [4.78, 5) is 13.6. The van der Waals surface area contributed by atoms with Gasteiger partial charge in [0.05, 0.1) is 10.5 Å². The van der Waals surface area contributed by atoms with Crippen LogP contribution in [0.2, 0.25) is 10.0 Å². The van der Waals surface area contributed by atoms with E-state index in [2.05, 4.69) is 4.98 Å². The van der Waals surface area contributed by atoms with Crippen molar-refractivity contribution < 1.29 is 15.0 Å². The first-order chi connectivity index (χ1) is 7.43. The summed E-state index contributed by atoms with van der Waals surface area (Å²) in [5, 5.41) is 19.1. The zero-order chi connectivity index (χ0) is 12.0. The van der Waals surface area contributed by atoms with Crippen LogP contribution in [0.25, 0.3) is 10.9 Å². The average Bonchev–Trinajstić information content (AvgIpc) is 2.52. The summed E-state index contributed by atoms with van der Waals surface area (Å²) in [5.74, 6) is -1.27. The highest BCUT2D eigenvalue weighted by Gasteiger charge is 2.19. The molecule has 0 aliphatic rings. The second-order valence-corrected chi connectivity index (χ2v) is 4.13. The van der Waals surface area contributed by atoms with Gasteiger partial charge in [-0.3, -0.25) is 0 Å². The van der Waals surface area contributed by atoms with Crippen LogP contribution in [0.3, 0.4) is 0 Å². The number of benzene rings is 1. The number of carbonyl (C=O) groups is 1. The molecule has 0 radical (unpaired) electrons. The van der Waals surface area contributed by atoms with Gasteiger partial charge in [0.2, 0.25) is 0 Å². The van der Waals surface area contributed by atoms with Crippen LogP contribution < -0.4 is 0 Å². The molecule has 0 aliphatic carbocycles. The van der Waals surface area contributed by atoms with Crippen molar-refractivity contribution in [3.8, 4) is 5.75 Å². The van der Waals surface area contributed by atoms with E-state index in [0.29, 0.717) is 16.5 Å². The lowest BCUT2D eigenvalue weighted by molar-refractivity contribution is 0.0691. The largest absolute Gasteiger partial charge is 0.506 e. The predicted octanol–water partition coefficient (Wildman–Crippen LogP) is 3.19. The molecule has 2 rings (SSSR count). The molecular weight excluding hydrogens is 253 g/mol. The third-order valence-corrected chi connectivity index (χ3v) is 3.27. The lowest BCUT2D eigenvalue weighted by Gasteiger charge is -2.01. The summed E-state index contributed by atoms with van der Waals surface area (Å²) in [5.41, 5.74) is 0.981. The van der Waals surface area contributed by atoms with Crippen LogP contribution in [0, 0.1) is 6.92 Å². The highest BCUT2D eigenvalue weighted by Crippen LogP contribution is 2.39. The Morgan fingerprint density at radius 3 is 2.56 bits per heavy atom. The smallest absolute Gasteiger partial charge is 0.352 e. The van der Waals surface area contributed by atoms with E-state index in [1.807, 2.05) is 0 Å². The lowest BCUT2D eigenvalue weighted by Crippen LogP contribution is -1.98. The molecule has 0 unspecified atom stereocenters. The van der Waals surface area contributed by atoms with Crippen molar-refractivity contribution in [3.05, 3.63) is 27.4 Å². The van der Waals surface area contributed by atoms with E-state index >= 15 is 0 Å². The summed E-state index contributed by atoms with van der Waals surface area (Å²) in [6.45, 7) is 1.63. The molecule has 1 heterocycles. The van der Waals surface area contributed by atoms with E-state index in [0.717, 1.165) is 0 Å². The van der Waals surface area contributed by atoms with Crippen molar-refractivity contribution in [2.45, 2.75) is 6.92 Å². The molecule has 84 valence electrons. The number of carboxylic acids is 1. The molecule has 0 amide bonds. The predicted molar refractivity (Wildman–Crippen MR) is 61.7 cm³/mol. The average molecular weight is 260 g/mol. The fraction of sp³-hybridized carbons (Fsp3) is 0.100. The third-order valence-electron chi connectivity index (χ3n) is 2.41. The Morgan fingerprint density at radius 2 is 2.00 bits per heavy atom. The number of aromatic amines is 1. The number of aromatic hydroxyl groups is 1. The minimum Gasteiger partial charge on any atom is -0.506 e. The molecule has 4 nitrogen and oxygen atoms in total. The maximum atomic E-state index is 10.9. The lowest BCUT2D eigenvalue weighted by atomic mass is 10.1. The molecule has 0 fully saturated rings. The Balaban J connectivity index is 2.93. The summed E-state index contributed by atoms with van der Waals surface area (Å²) >= 11 is 11.7. The maximum Gasteiger partial charge on any atom is 0.352 e. The fourth-order valence-corrected chi connectivity index (χ4v) is 2.13. The Labute approximate surface area is 100 Å². The summed E-state index contributed by atoms with van der Waals surface area (Å²) < 4.78 is 0. The molecule has 0 atom stereocenters. The Kier molecular flexibility index (Phi) is 2.48. The van der Waals surface area contributed by atoms with Crippen molar-refractivity contribution in [3.63, 3.8) is 0 Å². The molecule has 1 aromatic heterocycles. The first kappa shape index (κ1) is 11.1. The van der Waals surface area contributed by atoms with Gasteiger partial charge in [-0.2, -0.15) is 0 Å². The van der Waals surface area contributed by atoms with Crippen molar-refractivity contribution in [1.82, 2.24) is 4.98 Å². The number of rotatable bonds is 1. The van der Waals surface area contributed by atoms with Crippen LogP contribution in [0.4, 0.5) is 0 Å². The van der Waals surface area contributed by atoms with Gasteiger partial charge < -0.3 is 15.2 Å². The minimum absolute atomic E-state index is 0.0215. The van der Waals surface area contributed by atoms with E-state index < -0.39 is 5.97 Å². The Morgan fingerprint density at radius 1 is 1.38 bits per heavy atom. The number of fused-ring (bicyclic) bond motifs is 1. The Hall–Kier alpha value is -1.39. The molecule has 0 saturated carbocycles.